The van der Waals surface area contributed by atoms with E-state index in [9.17, 15) is 14.9 Å². The number of ether oxygens (including phenoxy) is 3. The third-order valence-corrected chi connectivity index (χ3v) is 10.9. The van der Waals surface area contributed by atoms with Crippen LogP contribution in [0.4, 0.5) is 10.5 Å². The maximum absolute atomic E-state index is 13.6. The molecule has 3 aliphatic rings. The van der Waals surface area contributed by atoms with E-state index in [0.717, 1.165) is 52.9 Å². The summed E-state index contributed by atoms with van der Waals surface area (Å²) in [6.07, 6.45) is 2.78. The van der Waals surface area contributed by atoms with Crippen LogP contribution in [0.2, 0.25) is 0 Å². The van der Waals surface area contributed by atoms with Crippen molar-refractivity contribution in [3.8, 4) is 28.7 Å². The molecule has 7 rings (SSSR count). The Morgan fingerprint density at radius 3 is 2.32 bits per heavy atom. The Hall–Kier alpha value is -5.33. The Morgan fingerprint density at radius 2 is 1.66 bits per heavy atom. The number of nitrogens with one attached hydrogen (secondary N) is 2. The monoisotopic (exact) mass is 771 g/mol. The molecule has 2 N–H and O–H groups in total. The molecule has 0 saturated carbocycles. The topological polar surface area (TPSA) is 110 Å². The number of amides is 1. The van der Waals surface area contributed by atoms with Gasteiger partial charge in [0.15, 0.2) is 17.3 Å². The van der Waals surface area contributed by atoms with Gasteiger partial charge >= 0.3 is 6.09 Å². The number of halogens is 1. The molecule has 4 aromatic rings. The number of dihydropyridines is 1. The molecule has 2 aliphatic carbocycles. The number of carbonyl (C=O) groups excluding carboxylic acids is 2. The van der Waals surface area contributed by atoms with Crippen molar-refractivity contribution in [1.29, 1.82) is 5.26 Å². The van der Waals surface area contributed by atoms with Crippen LogP contribution in [0.1, 0.15) is 80.5 Å². The summed E-state index contributed by atoms with van der Waals surface area (Å²) in [6, 6.07) is 30.1. The zero-order valence-corrected chi connectivity index (χ0v) is 31.7. The smallest absolute Gasteiger partial charge is 0.411 e. The molecule has 1 amide bonds. The minimum atomic E-state index is -0.516. The molecule has 270 valence electrons. The van der Waals surface area contributed by atoms with E-state index in [-0.39, 0.29) is 24.9 Å². The fraction of sp³-hybridized carbons (Fsp3) is 0.295. The maximum atomic E-state index is 13.6. The summed E-state index contributed by atoms with van der Waals surface area (Å²) in [5.74, 6) is 0.930. The van der Waals surface area contributed by atoms with Crippen molar-refractivity contribution in [2.75, 3.05) is 18.5 Å². The van der Waals surface area contributed by atoms with Gasteiger partial charge in [-0.3, -0.25) is 10.1 Å². The molecular weight excluding hydrogens is 730 g/mol. The summed E-state index contributed by atoms with van der Waals surface area (Å²) >= 11 is 3.71. The molecule has 0 aromatic heterocycles. The van der Waals surface area contributed by atoms with Crippen molar-refractivity contribution in [1.82, 2.24) is 5.32 Å². The molecule has 4 aromatic carbocycles. The van der Waals surface area contributed by atoms with E-state index >= 15 is 0 Å². The molecule has 2 unspecified atom stereocenters. The summed E-state index contributed by atoms with van der Waals surface area (Å²) in [6.45, 7) is 6.83. The van der Waals surface area contributed by atoms with Gasteiger partial charge < -0.3 is 19.5 Å². The number of fused-ring (bicyclic) bond motifs is 3. The van der Waals surface area contributed by atoms with Crippen LogP contribution < -0.4 is 20.1 Å². The third-order valence-electron chi connectivity index (χ3n) is 10.3. The van der Waals surface area contributed by atoms with E-state index in [1.165, 1.54) is 11.1 Å². The van der Waals surface area contributed by atoms with Gasteiger partial charge in [-0.25, -0.2) is 4.79 Å². The number of anilines is 1. The number of nitrogens with zero attached hydrogens (tertiary/aromatic N) is 1. The number of benzene rings is 4. The van der Waals surface area contributed by atoms with Gasteiger partial charge in [-0.15, -0.1) is 0 Å². The summed E-state index contributed by atoms with van der Waals surface area (Å²) in [7, 11) is 0. The lowest BCUT2D eigenvalue weighted by molar-refractivity contribution is -0.117. The molecule has 0 bridgehead atoms. The van der Waals surface area contributed by atoms with Crippen LogP contribution in [-0.4, -0.2) is 25.1 Å². The number of nitriles is 1. The quantitative estimate of drug-likeness (QED) is 0.156. The van der Waals surface area contributed by atoms with E-state index in [0.29, 0.717) is 51.8 Å². The highest BCUT2D eigenvalue weighted by Crippen LogP contribution is 2.48. The Balaban J connectivity index is 1.02. The van der Waals surface area contributed by atoms with E-state index in [1.54, 1.807) is 0 Å². The molecule has 0 radical (unpaired) electrons. The number of allylic oxidation sites excluding steroid dienone is 4. The van der Waals surface area contributed by atoms with Crippen molar-refractivity contribution in [3.05, 3.63) is 134 Å². The van der Waals surface area contributed by atoms with Gasteiger partial charge in [-0.1, -0.05) is 74.0 Å². The number of Topliss-reactive ketones (excluding diaryl/α,β-unsaturated/α-hetero) is 1. The van der Waals surface area contributed by atoms with Crippen LogP contribution in [0, 0.1) is 17.2 Å². The van der Waals surface area contributed by atoms with Gasteiger partial charge in [-0.2, -0.15) is 5.26 Å². The van der Waals surface area contributed by atoms with Gasteiger partial charge in [-0.05, 0) is 106 Å². The fourth-order valence-electron chi connectivity index (χ4n) is 7.96. The summed E-state index contributed by atoms with van der Waals surface area (Å²) in [5, 5.41) is 16.5. The summed E-state index contributed by atoms with van der Waals surface area (Å²) in [5.41, 5.74) is 9.87. The molecule has 2 atom stereocenters. The van der Waals surface area contributed by atoms with Crippen LogP contribution in [0.15, 0.2) is 112 Å². The first kappa shape index (κ1) is 36.0. The third kappa shape index (κ3) is 7.34. The number of ketones is 1. The minimum Gasteiger partial charge on any atom is -0.490 e. The number of hydrogen-bond acceptors (Lipinski definition) is 7. The van der Waals surface area contributed by atoms with Crippen LogP contribution in [0.5, 0.6) is 11.5 Å². The van der Waals surface area contributed by atoms with Gasteiger partial charge in [0.05, 0.1) is 28.6 Å². The molecule has 0 saturated heterocycles. The first-order chi connectivity index (χ1) is 25.8. The van der Waals surface area contributed by atoms with Crippen molar-refractivity contribution < 1.29 is 23.8 Å². The Kier molecular flexibility index (Phi) is 10.7. The Labute approximate surface area is 319 Å². The Bertz CT molecular complexity index is 2120. The van der Waals surface area contributed by atoms with Crippen LogP contribution in [0.3, 0.4) is 0 Å². The van der Waals surface area contributed by atoms with Crippen LogP contribution >= 0.6 is 15.9 Å². The van der Waals surface area contributed by atoms with Gasteiger partial charge in [0.2, 0.25) is 0 Å². The average molecular weight is 773 g/mol. The van der Waals surface area contributed by atoms with E-state index in [2.05, 4.69) is 63.8 Å². The van der Waals surface area contributed by atoms with Crippen LogP contribution in [0.25, 0.3) is 11.1 Å². The van der Waals surface area contributed by atoms with E-state index < -0.39 is 12.0 Å². The number of carbonyl (C=O) groups is 2. The maximum Gasteiger partial charge on any atom is 0.411 e. The SMILES string of the molecule is CCCC1CC(=O)C2=C(C1)NC(C)=C(C#N)C2c1cc(Br)c(OCc2ccc(NC(=O)OCC3c4ccccc4-c4ccccc43)cc2)c(OCC)c1. The first-order valence-electron chi connectivity index (χ1n) is 18.2. The van der Waals surface area contributed by atoms with Gasteiger partial charge in [0, 0.05) is 35.0 Å². The molecule has 53 heavy (non-hydrogen) atoms. The molecule has 0 fully saturated rings. The molecule has 9 heteroatoms. The second-order valence-electron chi connectivity index (χ2n) is 13.8. The second kappa shape index (κ2) is 15.7. The Morgan fingerprint density at radius 1 is 0.962 bits per heavy atom. The standard InChI is InChI=1S/C44H42BrN3O5/c1-4-10-28-19-38-42(39(49)20-28)41(35(23-46)26(3)47-38)29-21-37(45)43(40(22-29)51-5-2)52-24-27-15-17-30(18-16-27)48-44(50)53-25-36-33-13-8-6-11-31(33)32-12-7-9-14-34(32)36/h6-9,11-18,21-22,28,36,41,47H,4-5,10,19-20,24-25H2,1-3H3,(H,48,50). The zero-order valence-electron chi connectivity index (χ0n) is 30.1. The van der Waals surface area contributed by atoms with Crippen molar-refractivity contribution in [3.63, 3.8) is 0 Å². The minimum absolute atomic E-state index is 0.0149. The fourth-order valence-corrected chi connectivity index (χ4v) is 8.54. The summed E-state index contributed by atoms with van der Waals surface area (Å²) < 4.78 is 18.8. The molecular formula is C44H42BrN3O5. The first-order valence-corrected chi connectivity index (χ1v) is 19.0. The van der Waals surface area contributed by atoms with E-state index in [4.69, 9.17) is 14.2 Å². The largest absolute Gasteiger partial charge is 0.490 e. The average Bonchev–Trinajstić information content (AvgIpc) is 3.47. The highest BCUT2D eigenvalue weighted by Gasteiger charge is 2.39. The lowest BCUT2D eigenvalue weighted by atomic mass is 9.72. The molecule has 0 spiro atoms. The van der Waals surface area contributed by atoms with E-state index in [1.807, 2.05) is 74.5 Å². The van der Waals surface area contributed by atoms with Crippen molar-refractivity contribution in [2.24, 2.45) is 5.92 Å². The summed E-state index contributed by atoms with van der Waals surface area (Å²) in [4.78, 5) is 26.4. The molecule has 1 heterocycles. The number of hydrogen-bond donors (Lipinski definition) is 2. The van der Waals surface area contributed by atoms with Crippen LogP contribution in [-0.2, 0) is 16.1 Å². The molecule has 8 nitrogen and oxygen atoms in total. The van der Waals surface area contributed by atoms with Crippen molar-refractivity contribution >= 4 is 33.5 Å². The zero-order chi connectivity index (χ0) is 37.1. The normalized spacial score (nSPS) is 17.7. The lowest BCUT2D eigenvalue weighted by Crippen LogP contribution is -2.34. The van der Waals surface area contributed by atoms with Gasteiger partial charge in [0.1, 0.15) is 13.2 Å². The highest BCUT2D eigenvalue weighted by atomic mass is 79.9. The second-order valence-corrected chi connectivity index (χ2v) is 14.6. The van der Waals surface area contributed by atoms with Crippen molar-refractivity contribution in [2.45, 2.75) is 64.9 Å². The predicted octanol–water partition coefficient (Wildman–Crippen LogP) is 10.3. The molecule has 1 aliphatic heterocycles. The number of rotatable bonds is 11. The predicted molar refractivity (Wildman–Crippen MR) is 209 cm³/mol. The lowest BCUT2D eigenvalue weighted by Gasteiger charge is -2.35. The highest BCUT2D eigenvalue weighted by molar-refractivity contribution is 9.10. The van der Waals surface area contributed by atoms with Gasteiger partial charge in [0.25, 0.3) is 0 Å².